The topological polar surface area (TPSA) is 84.1 Å². The van der Waals surface area contributed by atoms with Crippen molar-refractivity contribution in [2.45, 2.75) is 31.7 Å². The molecule has 1 fully saturated rings. The molecular formula is C11H17ClN4O. The number of anilines is 2. The van der Waals surface area contributed by atoms with E-state index in [0.717, 1.165) is 19.3 Å². The Morgan fingerprint density at radius 3 is 2.94 bits per heavy atom. The van der Waals surface area contributed by atoms with Gasteiger partial charge in [0.25, 0.3) is 0 Å². The number of hydrogen-bond donors (Lipinski definition) is 3. The second-order valence-corrected chi connectivity index (χ2v) is 4.76. The molecule has 17 heavy (non-hydrogen) atoms. The maximum Gasteiger partial charge on any atom is 0.157 e. The first-order valence-electron chi connectivity index (χ1n) is 5.85. The Bertz CT molecular complexity index is 388. The van der Waals surface area contributed by atoms with Gasteiger partial charge in [0.2, 0.25) is 0 Å². The van der Waals surface area contributed by atoms with Gasteiger partial charge in [-0.25, -0.2) is 9.97 Å². The number of aliphatic hydroxyl groups excluding tert-OH is 1. The van der Waals surface area contributed by atoms with Crippen molar-refractivity contribution in [2.24, 2.45) is 5.92 Å². The van der Waals surface area contributed by atoms with Crippen LogP contribution in [0.15, 0.2) is 6.33 Å². The van der Waals surface area contributed by atoms with Crippen LogP contribution in [-0.4, -0.2) is 27.7 Å². The lowest BCUT2D eigenvalue weighted by molar-refractivity contribution is 0.178. The molecule has 6 heteroatoms. The highest BCUT2D eigenvalue weighted by molar-refractivity contribution is 6.32. The maximum absolute atomic E-state index is 9.33. The molecule has 1 heterocycles. The highest BCUT2D eigenvalue weighted by Crippen LogP contribution is 2.29. The molecule has 0 saturated heterocycles. The first-order chi connectivity index (χ1) is 8.22. The number of nitrogens with zero attached hydrogens (tertiary/aromatic N) is 2. The molecule has 1 aromatic heterocycles. The molecule has 0 aliphatic heterocycles. The van der Waals surface area contributed by atoms with Crippen molar-refractivity contribution in [2.75, 3.05) is 17.7 Å². The van der Waals surface area contributed by atoms with Crippen molar-refractivity contribution in [3.05, 3.63) is 11.5 Å². The van der Waals surface area contributed by atoms with Crippen molar-refractivity contribution in [3.63, 3.8) is 0 Å². The molecule has 5 nitrogen and oxygen atoms in total. The molecule has 4 N–H and O–H groups in total. The van der Waals surface area contributed by atoms with Crippen LogP contribution >= 0.6 is 11.6 Å². The zero-order chi connectivity index (χ0) is 12.3. The summed E-state index contributed by atoms with van der Waals surface area (Å²) in [6.07, 6.45) is 5.77. The van der Waals surface area contributed by atoms with Crippen LogP contribution in [0.1, 0.15) is 25.7 Å². The number of rotatable bonds is 3. The van der Waals surface area contributed by atoms with E-state index in [-0.39, 0.29) is 23.7 Å². The van der Waals surface area contributed by atoms with Gasteiger partial charge in [-0.15, -0.1) is 0 Å². The van der Waals surface area contributed by atoms with E-state index in [1.165, 1.54) is 12.7 Å². The summed E-state index contributed by atoms with van der Waals surface area (Å²) in [6, 6.07) is 0.210. The summed E-state index contributed by atoms with van der Waals surface area (Å²) in [6.45, 7) is 0.191. The molecule has 94 valence electrons. The van der Waals surface area contributed by atoms with Crippen molar-refractivity contribution in [1.82, 2.24) is 9.97 Å². The quantitative estimate of drug-likeness (QED) is 0.717. The molecule has 1 aliphatic rings. The second-order valence-electron chi connectivity index (χ2n) is 4.40. The molecule has 2 unspecified atom stereocenters. The van der Waals surface area contributed by atoms with Gasteiger partial charge in [0.15, 0.2) is 11.0 Å². The number of halogens is 1. The summed E-state index contributed by atoms with van der Waals surface area (Å²) in [5.74, 6) is 0.826. The van der Waals surface area contributed by atoms with Gasteiger partial charge >= 0.3 is 0 Å². The molecule has 1 aromatic rings. The van der Waals surface area contributed by atoms with Crippen molar-refractivity contribution < 1.29 is 5.11 Å². The molecule has 1 aliphatic carbocycles. The fourth-order valence-corrected chi connectivity index (χ4v) is 2.41. The lowest BCUT2D eigenvalue weighted by atomic mass is 9.85. The van der Waals surface area contributed by atoms with Gasteiger partial charge in [-0.2, -0.15) is 0 Å². The van der Waals surface area contributed by atoms with Crippen LogP contribution in [0.25, 0.3) is 0 Å². The highest BCUT2D eigenvalue weighted by Gasteiger charge is 2.25. The van der Waals surface area contributed by atoms with Gasteiger partial charge in [-0.05, 0) is 12.8 Å². The summed E-state index contributed by atoms with van der Waals surface area (Å²) in [7, 11) is 0. The van der Waals surface area contributed by atoms with Crippen LogP contribution in [0, 0.1) is 5.92 Å². The molecule has 2 rings (SSSR count). The average Bonchev–Trinajstić information content (AvgIpc) is 2.35. The SMILES string of the molecule is Nc1c(Cl)ncnc1NC1CCCCC1CO. The van der Waals surface area contributed by atoms with E-state index in [0.29, 0.717) is 11.5 Å². The third-order valence-corrected chi connectivity index (χ3v) is 3.60. The van der Waals surface area contributed by atoms with Gasteiger partial charge in [0.1, 0.15) is 12.0 Å². The fourth-order valence-electron chi connectivity index (χ4n) is 2.28. The van der Waals surface area contributed by atoms with Crippen LogP contribution in [-0.2, 0) is 0 Å². The lowest BCUT2D eigenvalue weighted by Gasteiger charge is -2.31. The summed E-state index contributed by atoms with van der Waals surface area (Å²) >= 11 is 5.84. The van der Waals surface area contributed by atoms with Gasteiger partial charge < -0.3 is 16.2 Å². The van der Waals surface area contributed by atoms with Crippen molar-refractivity contribution in [3.8, 4) is 0 Å². The van der Waals surface area contributed by atoms with Gasteiger partial charge in [-0.1, -0.05) is 24.4 Å². The number of nitrogen functional groups attached to an aromatic ring is 1. The zero-order valence-electron chi connectivity index (χ0n) is 9.56. The normalized spacial score (nSPS) is 24.6. The number of nitrogens with two attached hydrogens (primary N) is 1. The number of hydrogen-bond acceptors (Lipinski definition) is 5. The third-order valence-electron chi connectivity index (χ3n) is 3.30. The highest BCUT2D eigenvalue weighted by atomic mass is 35.5. The second kappa shape index (κ2) is 5.51. The fraction of sp³-hybridized carbons (Fsp3) is 0.636. The Labute approximate surface area is 105 Å². The molecule has 0 aromatic carbocycles. The average molecular weight is 257 g/mol. The smallest absolute Gasteiger partial charge is 0.157 e. The van der Waals surface area contributed by atoms with Crippen molar-refractivity contribution in [1.29, 1.82) is 0 Å². The van der Waals surface area contributed by atoms with E-state index in [1.807, 2.05) is 0 Å². The molecule has 0 bridgehead atoms. The van der Waals surface area contributed by atoms with Crippen LogP contribution in [0.2, 0.25) is 5.15 Å². The molecule has 2 atom stereocenters. The van der Waals surface area contributed by atoms with E-state index in [9.17, 15) is 5.11 Å². The summed E-state index contributed by atoms with van der Waals surface area (Å²) in [5, 5.41) is 12.9. The largest absolute Gasteiger partial charge is 0.396 e. The molecule has 1 saturated carbocycles. The Morgan fingerprint density at radius 2 is 2.18 bits per heavy atom. The molecular weight excluding hydrogens is 240 g/mol. The van der Waals surface area contributed by atoms with E-state index in [1.54, 1.807) is 0 Å². The predicted octanol–water partition coefficient (Wildman–Crippen LogP) is 1.68. The number of aromatic nitrogens is 2. The van der Waals surface area contributed by atoms with E-state index < -0.39 is 0 Å². The number of aliphatic hydroxyl groups is 1. The summed E-state index contributed by atoms with van der Waals surface area (Å²) in [5.41, 5.74) is 6.18. The number of nitrogens with one attached hydrogen (secondary N) is 1. The maximum atomic E-state index is 9.33. The van der Waals surface area contributed by atoms with Gasteiger partial charge in [-0.3, -0.25) is 0 Å². The van der Waals surface area contributed by atoms with E-state index in [2.05, 4.69) is 15.3 Å². The van der Waals surface area contributed by atoms with Gasteiger partial charge in [0, 0.05) is 18.6 Å². The Morgan fingerprint density at radius 1 is 1.41 bits per heavy atom. The third kappa shape index (κ3) is 2.79. The minimum absolute atomic E-state index is 0.191. The van der Waals surface area contributed by atoms with E-state index in [4.69, 9.17) is 17.3 Å². The summed E-state index contributed by atoms with van der Waals surface area (Å²) in [4.78, 5) is 7.90. The van der Waals surface area contributed by atoms with Crippen LogP contribution in [0.5, 0.6) is 0 Å². The standard InChI is InChI=1S/C11H17ClN4O/c12-10-9(13)11(15-6-14-10)16-8-4-2-1-3-7(8)5-17/h6-8,17H,1-5,13H2,(H,14,15,16). The Balaban J connectivity index is 2.11. The molecule has 0 amide bonds. The van der Waals surface area contributed by atoms with Gasteiger partial charge in [0.05, 0.1) is 0 Å². The molecule has 0 spiro atoms. The predicted molar refractivity (Wildman–Crippen MR) is 67.9 cm³/mol. The first kappa shape index (κ1) is 12.4. The van der Waals surface area contributed by atoms with Crippen molar-refractivity contribution >= 4 is 23.1 Å². The summed E-state index contributed by atoms with van der Waals surface area (Å²) < 4.78 is 0. The minimum Gasteiger partial charge on any atom is -0.396 e. The Hall–Kier alpha value is -1.07. The minimum atomic E-state index is 0.191. The molecule has 0 radical (unpaired) electrons. The van der Waals surface area contributed by atoms with Crippen LogP contribution in [0.3, 0.4) is 0 Å². The first-order valence-corrected chi connectivity index (χ1v) is 6.23. The van der Waals surface area contributed by atoms with Crippen LogP contribution < -0.4 is 11.1 Å². The van der Waals surface area contributed by atoms with Crippen LogP contribution in [0.4, 0.5) is 11.5 Å². The zero-order valence-corrected chi connectivity index (χ0v) is 10.3. The lowest BCUT2D eigenvalue weighted by Crippen LogP contribution is -2.34. The Kier molecular flexibility index (Phi) is 4.02. The van der Waals surface area contributed by atoms with E-state index >= 15 is 0 Å². The monoisotopic (exact) mass is 256 g/mol.